The number of carbonyl (C=O) groups is 1. The number of amides is 1. The minimum Gasteiger partial charge on any atom is -0.380 e. The van der Waals surface area contributed by atoms with Crippen LogP contribution in [0.15, 0.2) is 40.0 Å². The van der Waals surface area contributed by atoms with E-state index in [0.29, 0.717) is 18.1 Å². The highest BCUT2D eigenvalue weighted by molar-refractivity contribution is 7.99. The van der Waals surface area contributed by atoms with Crippen LogP contribution in [0.1, 0.15) is 25.3 Å². The third-order valence-electron chi connectivity index (χ3n) is 5.79. The van der Waals surface area contributed by atoms with Gasteiger partial charge in [0, 0.05) is 38.1 Å². The molecule has 0 radical (unpaired) electrons. The fourth-order valence-corrected chi connectivity index (χ4v) is 4.25. The number of alkyl halides is 2. The second-order valence-corrected chi connectivity index (χ2v) is 9.35. The minimum absolute atomic E-state index is 0.0115. The van der Waals surface area contributed by atoms with Gasteiger partial charge in [0.2, 0.25) is 5.91 Å². The molecule has 1 saturated carbocycles. The molecule has 2 aliphatic heterocycles. The molecule has 2 atom stereocenters. The Labute approximate surface area is 196 Å². The monoisotopic (exact) mass is 478 g/mol. The smallest absolute Gasteiger partial charge is 0.294 e. The van der Waals surface area contributed by atoms with Gasteiger partial charge in [0.05, 0.1) is 18.0 Å². The van der Waals surface area contributed by atoms with E-state index in [9.17, 15) is 13.6 Å². The standard InChI is InChI=1S/C22H28F2N6O2S/c1-22-18(27-20(29-22)19(23)24)15(10-17(28-22)26-21(31)13-6-7-13)25-14-8-5-12(11-32-3)9-16(14)30(2)33-4/h5,8-10,13,18-19,25H,6-7,11H2,1-4H3,(H,27,29)(H,26,28,31). The average Bonchev–Trinajstić information content (AvgIpc) is 3.56. The van der Waals surface area contributed by atoms with Gasteiger partial charge in [0.15, 0.2) is 11.5 Å². The Bertz CT molecular complexity index is 1030. The van der Waals surface area contributed by atoms with Gasteiger partial charge in [-0.05, 0) is 37.5 Å². The van der Waals surface area contributed by atoms with Crippen molar-refractivity contribution in [2.75, 3.05) is 30.0 Å². The molecule has 1 aromatic rings. The molecule has 178 valence electrons. The van der Waals surface area contributed by atoms with Gasteiger partial charge in [-0.25, -0.2) is 13.8 Å². The highest BCUT2D eigenvalue weighted by atomic mass is 32.2. The number of rotatable bonds is 8. The Kier molecular flexibility index (Phi) is 6.62. The van der Waals surface area contributed by atoms with Crippen molar-refractivity contribution >= 4 is 40.9 Å². The number of hydrogen-bond donors (Lipinski definition) is 3. The van der Waals surface area contributed by atoms with Crippen molar-refractivity contribution in [3.63, 3.8) is 0 Å². The lowest BCUT2D eigenvalue weighted by atomic mass is 9.97. The fourth-order valence-electron chi connectivity index (χ4n) is 3.90. The first kappa shape index (κ1) is 23.5. The molecule has 33 heavy (non-hydrogen) atoms. The molecule has 4 rings (SSSR count). The number of nitrogens with one attached hydrogen (secondary N) is 3. The number of anilines is 2. The summed E-state index contributed by atoms with van der Waals surface area (Å²) in [5.41, 5.74) is 2.10. The summed E-state index contributed by atoms with van der Waals surface area (Å²) in [5, 5.41) is 8.97. The van der Waals surface area contributed by atoms with Crippen LogP contribution in [-0.4, -0.2) is 56.1 Å². The quantitative estimate of drug-likeness (QED) is 0.498. The Balaban J connectivity index is 1.69. The van der Waals surface area contributed by atoms with Crippen LogP contribution in [-0.2, 0) is 16.1 Å². The van der Waals surface area contributed by atoms with E-state index in [1.165, 1.54) is 11.9 Å². The first-order valence-corrected chi connectivity index (χ1v) is 11.8. The van der Waals surface area contributed by atoms with E-state index >= 15 is 0 Å². The number of aliphatic imine (C=N–C) groups is 2. The fraction of sp³-hybridized carbons (Fsp3) is 0.500. The Morgan fingerprint density at radius 1 is 1.42 bits per heavy atom. The third kappa shape index (κ3) is 4.98. The molecule has 0 saturated heterocycles. The highest BCUT2D eigenvalue weighted by Gasteiger charge is 2.47. The summed E-state index contributed by atoms with van der Waals surface area (Å²) in [6, 6.07) is 5.17. The van der Waals surface area contributed by atoms with E-state index in [-0.39, 0.29) is 11.8 Å². The normalized spacial score (nSPS) is 23.8. The molecule has 2 heterocycles. The number of amidine groups is 2. The molecular formula is C22H28F2N6O2S. The number of ether oxygens (including phenoxy) is 1. The van der Waals surface area contributed by atoms with Gasteiger partial charge in [-0.15, -0.1) is 0 Å². The average molecular weight is 479 g/mol. The Hall–Kier alpha value is -2.66. The van der Waals surface area contributed by atoms with Crippen LogP contribution < -0.4 is 20.3 Å². The van der Waals surface area contributed by atoms with Gasteiger partial charge in [-0.2, -0.15) is 0 Å². The second-order valence-electron chi connectivity index (χ2n) is 8.44. The van der Waals surface area contributed by atoms with Crippen LogP contribution >= 0.6 is 11.9 Å². The van der Waals surface area contributed by atoms with E-state index in [1.807, 2.05) is 35.8 Å². The summed E-state index contributed by atoms with van der Waals surface area (Å²) < 4.78 is 34.2. The van der Waals surface area contributed by atoms with Gasteiger partial charge in [-0.3, -0.25) is 9.79 Å². The molecule has 1 amide bonds. The van der Waals surface area contributed by atoms with Crippen molar-refractivity contribution in [1.29, 1.82) is 0 Å². The van der Waals surface area contributed by atoms with Crippen molar-refractivity contribution in [2.45, 2.75) is 44.5 Å². The number of dihydropyridines is 1. The van der Waals surface area contributed by atoms with Crippen LogP contribution in [0.3, 0.4) is 0 Å². The topological polar surface area (TPSA) is 90.3 Å². The minimum atomic E-state index is -2.75. The van der Waals surface area contributed by atoms with Crippen molar-refractivity contribution in [3.05, 3.63) is 35.5 Å². The zero-order chi connectivity index (χ0) is 23.8. The van der Waals surface area contributed by atoms with Crippen LogP contribution in [0.5, 0.6) is 0 Å². The van der Waals surface area contributed by atoms with Crippen LogP contribution in [0.4, 0.5) is 20.2 Å². The van der Waals surface area contributed by atoms with Crippen LogP contribution in [0, 0.1) is 5.92 Å². The number of methoxy groups -OCH3 is 1. The maximum absolute atomic E-state index is 13.5. The predicted octanol–water partition coefficient (Wildman–Crippen LogP) is 3.13. The molecule has 0 bridgehead atoms. The van der Waals surface area contributed by atoms with Crippen molar-refractivity contribution in [1.82, 2.24) is 10.6 Å². The Morgan fingerprint density at radius 2 is 2.18 bits per heavy atom. The number of halogens is 2. The van der Waals surface area contributed by atoms with E-state index in [2.05, 4.69) is 25.9 Å². The number of carbonyl (C=O) groups excluding carboxylic acids is 1. The summed E-state index contributed by atoms with van der Waals surface area (Å²) in [7, 11) is 3.58. The Morgan fingerprint density at radius 3 is 2.82 bits per heavy atom. The molecule has 3 N–H and O–H groups in total. The number of benzene rings is 1. The molecular weight excluding hydrogens is 450 g/mol. The maximum Gasteiger partial charge on any atom is 0.294 e. The van der Waals surface area contributed by atoms with E-state index in [0.717, 1.165) is 29.8 Å². The molecule has 1 aromatic carbocycles. The molecule has 8 nitrogen and oxygen atoms in total. The summed E-state index contributed by atoms with van der Waals surface area (Å²) in [5.74, 6) is -0.207. The third-order valence-corrected chi connectivity index (χ3v) is 6.54. The van der Waals surface area contributed by atoms with Gasteiger partial charge < -0.3 is 25.0 Å². The lowest BCUT2D eigenvalue weighted by molar-refractivity contribution is -0.120. The number of fused-ring (bicyclic) bond motifs is 1. The zero-order valence-corrected chi connectivity index (χ0v) is 19.8. The lowest BCUT2D eigenvalue weighted by Crippen LogP contribution is -2.52. The first-order valence-electron chi connectivity index (χ1n) is 10.7. The van der Waals surface area contributed by atoms with Crippen molar-refractivity contribution < 1.29 is 18.3 Å². The molecule has 0 spiro atoms. The molecule has 1 aliphatic carbocycles. The summed E-state index contributed by atoms with van der Waals surface area (Å²) in [6.45, 7) is 2.17. The van der Waals surface area contributed by atoms with Gasteiger partial charge in [0.25, 0.3) is 6.43 Å². The van der Waals surface area contributed by atoms with Gasteiger partial charge in [0.1, 0.15) is 11.9 Å². The van der Waals surface area contributed by atoms with Crippen LogP contribution in [0.25, 0.3) is 0 Å². The number of hydrogen-bond acceptors (Lipinski definition) is 8. The molecule has 1 fully saturated rings. The van der Waals surface area contributed by atoms with Crippen molar-refractivity contribution in [2.24, 2.45) is 15.9 Å². The highest BCUT2D eigenvalue weighted by Crippen LogP contribution is 2.36. The summed E-state index contributed by atoms with van der Waals surface area (Å²) in [4.78, 5) is 21.1. The first-order chi connectivity index (χ1) is 15.7. The van der Waals surface area contributed by atoms with Crippen molar-refractivity contribution in [3.8, 4) is 0 Å². The predicted molar refractivity (Wildman–Crippen MR) is 128 cm³/mol. The molecule has 3 aliphatic rings. The van der Waals surface area contributed by atoms with Crippen LogP contribution in [0.2, 0.25) is 0 Å². The maximum atomic E-state index is 13.5. The summed E-state index contributed by atoms with van der Waals surface area (Å²) in [6.07, 6.45) is 2.59. The number of nitrogens with zero attached hydrogens (tertiary/aromatic N) is 3. The van der Waals surface area contributed by atoms with Gasteiger partial charge >= 0.3 is 0 Å². The second kappa shape index (κ2) is 9.30. The largest absolute Gasteiger partial charge is 0.380 e. The van der Waals surface area contributed by atoms with E-state index in [4.69, 9.17) is 4.74 Å². The molecule has 11 heteroatoms. The lowest BCUT2D eigenvalue weighted by Gasteiger charge is -2.33. The zero-order valence-electron chi connectivity index (χ0n) is 19.0. The molecule has 2 unspecified atom stereocenters. The van der Waals surface area contributed by atoms with E-state index < -0.39 is 24.0 Å². The van der Waals surface area contributed by atoms with Gasteiger partial charge in [-0.1, -0.05) is 18.0 Å². The molecule has 0 aromatic heterocycles. The van der Waals surface area contributed by atoms with E-state index in [1.54, 1.807) is 20.1 Å². The summed E-state index contributed by atoms with van der Waals surface area (Å²) >= 11 is 1.54. The SMILES string of the molecule is COCc1ccc(NC2=CC(NC(=O)C3CC3)=NC3(C)NC(C(F)F)=NC23)c(N(C)SC)c1.